The Labute approximate surface area is 85.8 Å². The van der Waals surface area contributed by atoms with Gasteiger partial charge in [-0.2, -0.15) is 0 Å². The SMILES string of the molecule is CN(CCCC/C(N)=N/O)CC1CC1. The minimum absolute atomic E-state index is 0.342. The molecule has 0 aliphatic heterocycles. The van der Waals surface area contributed by atoms with Gasteiger partial charge in [0.2, 0.25) is 0 Å². The van der Waals surface area contributed by atoms with Crippen molar-refractivity contribution in [1.29, 1.82) is 0 Å². The van der Waals surface area contributed by atoms with Crippen LogP contribution in [0.1, 0.15) is 32.1 Å². The van der Waals surface area contributed by atoms with Crippen LogP contribution in [0.4, 0.5) is 0 Å². The number of hydrogen-bond donors (Lipinski definition) is 2. The van der Waals surface area contributed by atoms with Crippen LogP contribution in [0.3, 0.4) is 0 Å². The molecule has 1 rings (SSSR count). The fourth-order valence-corrected chi connectivity index (χ4v) is 1.57. The lowest BCUT2D eigenvalue weighted by atomic mass is 10.2. The topological polar surface area (TPSA) is 61.8 Å². The van der Waals surface area contributed by atoms with Gasteiger partial charge in [0.1, 0.15) is 5.84 Å². The molecule has 1 aliphatic rings. The maximum atomic E-state index is 8.32. The Kier molecular flexibility index (Phi) is 4.73. The summed E-state index contributed by atoms with van der Waals surface area (Å²) >= 11 is 0. The van der Waals surface area contributed by atoms with Crippen molar-refractivity contribution in [2.24, 2.45) is 16.8 Å². The van der Waals surface area contributed by atoms with E-state index in [1.807, 2.05) is 0 Å². The number of nitrogens with two attached hydrogens (primary N) is 1. The fourth-order valence-electron chi connectivity index (χ4n) is 1.57. The van der Waals surface area contributed by atoms with Gasteiger partial charge in [0.15, 0.2) is 0 Å². The third-order valence-corrected chi connectivity index (χ3v) is 2.62. The van der Waals surface area contributed by atoms with Gasteiger partial charge in [-0.15, -0.1) is 0 Å². The molecule has 0 aromatic heterocycles. The van der Waals surface area contributed by atoms with Crippen LogP contribution in [0.2, 0.25) is 0 Å². The molecule has 1 fully saturated rings. The molecular formula is C10H21N3O. The normalized spacial score (nSPS) is 17.7. The van der Waals surface area contributed by atoms with Crippen molar-refractivity contribution in [3.8, 4) is 0 Å². The van der Waals surface area contributed by atoms with Crippen LogP contribution in [0.25, 0.3) is 0 Å². The predicted molar refractivity (Wildman–Crippen MR) is 57.5 cm³/mol. The molecule has 82 valence electrons. The van der Waals surface area contributed by atoms with Crippen molar-refractivity contribution >= 4 is 5.84 Å². The second-order valence-corrected chi connectivity index (χ2v) is 4.25. The third kappa shape index (κ3) is 5.07. The van der Waals surface area contributed by atoms with E-state index in [1.54, 1.807) is 0 Å². The molecule has 3 N–H and O–H groups in total. The molecule has 0 radical (unpaired) electrons. The number of unbranched alkanes of at least 4 members (excludes halogenated alkanes) is 1. The van der Waals surface area contributed by atoms with Crippen LogP contribution < -0.4 is 5.73 Å². The maximum absolute atomic E-state index is 8.32. The number of hydrogen-bond acceptors (Lipinski definition) is 3. The first kappa shape index (κ1) is 11.3. The first-order valence-electron chi connectivity index (χ1n) is 5.37. The number of amidine groups is 1. The summed E-state index contributed by atoms with van der Waals surface area (Å²) in [5, 5.41) is 11.3. The molecule has 0 bridgehead atoms. The largest absolute Gasteiger partial charge is 0.409 e. The second kappa shape index (κ2) is 5.86. The molecule has 1 aliphatic carbocycles. The molecule has 0 aromatic carbocycles. The Balaban J connectivity index is 1.91. The Morgan fingerprint density at radius 1 is 1.50 bits per heavy atom. The van der Waals surface area contributed by atoms with E-state index in [9.17, 15) is 0 Å². The van der Waals surface area contributed by atoms with Gasteiger partial charge in [-0.1, -0.05) is 5.16 Å². The smallest absolute Gasteiger partial charge is 0.139 e. The lowest BCUT2D eigenvalue weighted by Gasteiger charge is -2.15. The van der Waals surface area contributed by atoms with Crippen LogP contribution in [0.15, 0.2) is 5.16 Å². The molecule has 4 heteroatoms. The van der Waals surface area contributed by atoms with E-state index in [1.165, 1.54) is 19.4 Å². The summed E-state index contributed by atoms with van der Waals surface area (Å²) in [7, 11) is 2.17. The molecule has 0 saturated heterocycles. The lowest BCUT2D eigenvalue weighted by Crippen LogP contribution is -2.22. The average Bonchev–Trinajstić information content (AvgIpc) is 2.95. The molecule has 0 unspecified atom stereocenters. The van der Waals surface area contributed by atoms with Gasteiger partial charge in [-0.05, 0) is 45.2 Å². The minimum Gasteiger partial charge on any atom is -0.409 e. The van der Waals surface area contributed by atoms with Crippen LogP contribution in [-0.4, -0.2) is 36.1 Å². The molecule has 0 aromatic rings. The van der Waals surface area contributed by atoms with Crippen LogP contribution in [0, 0.1) is 5.92 Å². The number of oxime groups is 1. The molecule has 1 saturated carbocycles. The fraction of sp³-hybridized carbons (Fsp3) is 0.900. The molecule has 0 amide bonds. The van der Waals surface area contributed by atoms with Gasteiger partial charge in [0.25, 0.3) is 0 Å². The van der Waals surface area contributed by atoms with Crippen molar-refractivity contribution in [3.05, 3.63) is 0 Å². The molecule has 0 spiro atoms. The summed E-state index contributed by atoms with van der Waals surface area (Å²) < 4.78 is 0. The summed E-state index contributed by atoms with van der Waals surface area (Å²) in [5.41, 5.74) is 5.37. The van der Waals surface area contributed by atoms with Crippen molar-refractivity contribution in [2.45, 2.75) is 32.1 Å². The van der Waals surface area contributed by atoms with E-state index in [4.69, 9.17) is 10.9 Å². The first-order valence-corrected chi connectivity index (χ1v) is 5.37. The third-order valence-electron chi connectivity index (χ3n) is 2.62. The van der Waals surface area contributed by atoms with Crippen molar-refractivity contribution in [3.63, 3.8) is 0 Å². The quantitative estimate of drug-likeness (QED) is 0.213. The van der Waals surface area contributed by atoms with Gasteiger partial charge in [0, 0.05) is 13.0 Å². The number of rotatable bonds is 7. The van der Waals surface area contributed by atoms with Gasteiger partial charge in [0.05, 0.1) is 0 Å². The van der Waals surface area contributed by atoms with Crippen LogP contribution >= 0.6 is 0 Å². The standard InChI is InChI=1S/C10H21N3O/c1-13(8-9-5-6-9)7-3-2-4-10(11)12-14/h9,14H,2-8H2,1H3,(H2,11,12). The van der Waals surface area contributed by atoms with Crippen LogP contribution in [0.5, 0.6) is 0 Å². The zero-order valence-corrected chi connectivity index (χ0v) is 8.95. The Morgan fingerprint density at radius 2 is 2.21 bits per heavy atom. The van der Waals surface area contributed by atoms with E-state index in [0.29, 0.717) is 12.3 Å². The maximum Gasteiger partial charge on any atom is 0.139 e. The van der Waals surface area contributed by atoms with Gasteiger partial charge in [-0.3, -0.25) is 0 Å². The van der Waals surface area contributed by atoms with E-state index in [2.05, 4.69) is 17.1 Å². The van der Waals surface area contributed by atoms with Crippen molar-refractivity contribution in [1.82, 2.24) is 4.90 Å². The monoisotopic (exact) mass is 199 g/mol. The molecule has 0 heterocycles. The van der Waals surface area contributed by atoms with Crippen molar-refractivity contribution < 1.29 is 5.21 Å². The number of nitrogens with zero attached hydrogens (tertiary/aromatic N) is 2. The molecule has 4 nitrogen and oxygen atoms in total. The second-order valence-electron chi connectivity index (χ2n) is 4.25. The Bertz CT molecular complexity index is 190. The van der Waals surface area contributed by atoms with Crippen molar-refractivity contribution in [2.75, 3.05) is 20.1 Å². The summed E-state index contributed by atoms with van der Waals surface area (Å²) in [6.45, 7) is 2.36. The highest BCUT2D eigenvalue weighted by Crippen LogP contribution is 2.29. The minimum atomic E-state index is 0.342. The van der Waals surface area contributed by atoms with Gasteiger partial charge < -0.3 is 15.8 Å². The zero-order chi connectivity index (χ0) is 10.4. The Morgan fingerprint density at radius 3 is 2.79 bits per heavy atom. The summed E-state index contributed by atoms with van der Waals surface area (Å²) in [6, 6.07) is 0. The highest BCUT2D eigenvalue weighted by atomic mass is 16.4. The summed E-state index contributed by atoms with van der Waals surface area (Å²) in [6.07, 6.45) is 5.65. The van der Waals surface area contributed by atoms with E-state index < -0.39 is 0 Å². The summed E-state index contributed by atoms with van der Waals surface area (Å²) in [5.74, 6) is 1.30. The molecule has 0 atom stereocenters. The predicted octanol–water partition coefficient (Wildman–Crippen LogP) is 1.24. The first-order chi connectivity index (χ1) is 6.72. The van der Waals surface area contributed by atoms with E-state index in [-0.39, 0.29) is 0 Å². The van der Waals surface area contributed by atoms with Crippen LogP contribution in [-0.2, 0) is 0 Å². The van der Waals surface area contributed by atoms with Gasteiger partial charge >= 0.3 is 0 Å². The average molecular weight is 199 g/mol. The molecular weight excluding hydrogens is 178 g/mol. The zero-order valence-electron chi connectivity index (χ0n) is 8.95. The highest BCUT2D eigenvalue weighted by Gasteiger charge is 2.22. The summed E-state index contributed by atoms with van der Waals surface area (Å²) in [4.78, 5) is 2.38. The Hall–Kier alpha value is -0.770. The molecule has 14 heavy (non-hydrogen) atoms. The van der Waals surface area contributed by atoms with E-state index >= 15 is 0 Å². The van der Waals surface area contributed by atoms with E-state index in [0.717, 1.165) is 25.3 Å². The van der Waals surface area contributed by atoms with Gasteiger partial charge in [-0.25, -0.2) is 0 Å². The highest BCUT2D eigenvalue weighted by molar-refractivity contribution is 5.79. The lowest BCUT2D eigenvalue weighted by molar-refractivity contribution is 0.310.